The first-order chi connectivity index (χ1) is 9.65. The first kappa shape index (κ1) is 12.8. The molecule has 3 rings (SSSR count). The van der Waals surface area contributed by atoms with Crippen molar-refractivity contribution >= 4 is 10.9 Å². The van der Waals surface area contributed by atoms with Crippen LogP contribution < -0.4 is 0 Å². The predicted octanol–water partition coefficient (Wildman–Crippen LogP) is 2.77. The van der Waals surface area contributed by atoms with Crippen molar-refractivity contribution in [2.75, 3.05) is 0 Å². The van der Waals surface area contributed by atoms with Crippen LogP contribution in [0.15, 0.2) is 30.7 Å². The van der Waals surface area contributed by atoms with Gasteiger partial charge >= 0.3 is 0 Å². The SMILES string of the molecule is Cc1ncc(C)c2nc(CCc3nccn3C)ccc12. The van der Waals surface area contributed by atoms with Crippen LogP contribution in [-0.2, 0) is 19.9 Å². The zero-order valence-electron chi connectivity index (χ0n) is 12.1. The molecule has 102 valence electrons. The van der Waals surface area contributed by atoms with Crippen LogP contribution in [0, 0.1) is 13.8 Å². The lowest BCUT2D eigenvalue weighted by atomic mass is 10.1. The van der Waals surface area contributed by atoms with E-state index >= 15 is 0 Å². The number of fused-ring (bicyclic) bond motifs is 1. The molecule has 0 atom stereocenters. The van der Waals surface area contributed by atoms with Crippen LogP contribution in [0.4, 0.5) is 0 Å². The summed E-state index contributed by atoms with van der Waals surface area (Å²) in [5, 5.41) is 1.14. The van der Waals surface area contributed by atoms with Crippen molar-refractivity contribution in [3.8, 4) is 0 Å². The van der Waals surface area contributed by atoms with Crippen LogP contribution in [0.1, 0.15) is 22.8 Å². The molecule has 0 bridgehead atoms. The molecule has 3 aromatic heterocycles. The average Bonchev–Trinajstić information content (AvgIpc) is 2.86. The minimum atomic E-state index is 0.904. The third-order valence-electron chi connectivity index (χ3n) is 3.69. The van der Waals surface area contributed by atoms with Gasteiger partial charge in [-0.25, -0.2) is 4.98 Å². The Morgan fingerprint density at radius 2 is 1.95 bits per heavy atom. The molecule has 0 radical (unpaired) electrons. The fourth-order valence-electron chi connectivity index (χ4n) is 2.43. The van der Waals surface area contributed by atoms with E-state index < -0.39 is 0 Å². The van der Waals surface area contributed by atoms with E-state index in [0.29, 0.717) is 0 Å². The lowest BCUT2D eigenvalue weighted by molar-refractivity contribution is 0.763. The molecule has 0 aliphatic rings. The molecule has 4 heteroatoms. The molecule has 0 aliphatic carbocycles. The minimum Gasteiger partial charge on any atom is -0.338 e. The zero-order valence-corrected chi connectivity index (χ0v) is 12.1. The van der Waals surface area contributed by atoms with E-state index in [4.69, 9.17) is 4.98 Å². The number of rotatable bonds is 3. The summed E-state index contributed by atoms with van der Waals surface area (Å²) in [5.74, 6) is 1.09. The van der Waals surface area contributed by atoms with Gasteiger partial charge in [0.2, 0.25) is 0 Å². The fraction of sp³-hybridized carbons (Fsp3) is 0.312. The predicted molar refractivity (Wildman–Crippen MR) is 79.6 cm³/mol. The van der Waals surface area contributed by atoms with Gasteiger partial charge in [-0.2, -0.15) is 0 Å². The van der Waals surface area contributed by atoms with Crippen molar-refractivity contribution in [3.05, 3.63) is 53.5 Å². The van der Waals surface area contributed by atoms with Crippen molar-refractivity contribution < 1.29 is 0 Å². The van der Waals surface area contributed by atoms with Gasteiger partial charge in [-0.15, -0.1) is 0 Å². The van der Waals surface area contributed by atoms with E-state index in [-0.39, 0.29) is 0 Å². The minimum absolute atomic E-state index is 0.904. The van der Waals surface area contributed by atoms with Gasteiger partial charge in [0.05, 0.1) is 5.52 Å². The van der Waals surface area contributed by atoms with Crippen LogP contribution in [0.3, 0.4) is 0 Å². The Labute approximate surface area is 118 Å². The number of aryl methyl sites for hydroxylation is 5. The number of hydrogen-bond acceptors (Lipinski definition) is 3. The Morgan fingerprint density at radius 3 is 2.70 bits per heavy atom. The normalized spacial score (nSPS) is 11.2. The van der Waals surface area contributed by atoms with E-state index in [0.717, 1.165) is 46.5 Å². The quantitative estimate of drug-likeness (QED) is 0.732. The first-order valence-electron chi connectivity index (χ1n) is 6.83. The number of nitrogens with zero attached hydrogens (tertiary/aromatic N) is 4. The lowest BCUT2D eigenvalue weighted by Gasteiger charge is -2.07. The molecule has 0 saturated carbocycles. The Hall–Kier alpha value is -2.23. The molecule has 0 aliphatic heterocycles. The Balaban J connectivity index is 1.90. The second kappa shape index (κ2) is 5.04. The molecular formula is C16H18N4. The largest absolute Gasteiger partial charge is 0.338 e. The van der Waals surface area contributed by atoms with Gasteiger partial charge < -0.3 is 4.57 Å². The summed E-state index contributed by atoms with van der Waals surface area (Å²) in [6.45, 7) is 4.08. The molecule has 4 nitrogen and oxygen atoms in total. The van der Waals surface area contributed by atoms with E-state index in [1.807, 2.05) is 32.6 Å². The molecular weight excluding hydrogens is 248 g/mol. The van der Waals surface area contributed by atoms with E-state index in [2.05, 4.69) is 33.6 Å². The van der Waals surface area contributed by atoms with Crippen LogP contribution in [0.25, 0.3) is 10.9 Å². The monoisotopic (exact) mass is 266 g/mol. The third-order valence-corrected chi connectivity index (χ3v) is 3.69. The van der Waals surface area contributed by atoms with E-state index in [1.165, 1.54) is 0 Å². The molecule has 0 spiro atoms. The summed E-state index contributed by atoms with van der Waals surface area (Å²) in [6.07, 6.45) is 7.52. The first-order valence-corrected chi connectivity index (χ1v) is 6.83. The third kappa shape index (κ3) is 2.29. The average molecular weight is 266 g/mol. The molecule has 3 heterocycles. The topological polar surface area (TPSA) is 43.6 Å². The second-order valence-electron chi connectivity index (χ2n) is 5.18. The maximum absolute atomic E-state index is 4.79. The maximum atomic E-state index is 4.79. The maximum Gasteiger partial charge on any atom is 0.108 e. The highest BCUT2D eigenvalue weighted by atomic mass is 15.0. The lowest BCUT2D eigenvalue weighted by Crippen LogP contribution is -2.02. The van der Waals surface area contributed by atoms with Gasteiger partial charge in [-0.1, -0.05) is 0 Å². The van der Waals surface area contributed by atoms with Gasteiger partial charge in [0.1, 0.15) is 5.82 Å². The number of aromatic nitrogens is 4. The van der Waals surface area contributed by atoms with Crippen LogP contribution in [-0.4, -0.2) is 19.5 Å². The van der Waals surface area contributed by atoms with Gasteiger partial charge in [-0.05, 0) is 38.0 Å². The summed E-state index contributed by atoms with van der Waals surface area (Å²) in [6, 6.07) is 4.23. The van der Waals surface area contributed by atoms with E-state index in [1.54, 1.807) is 0 Å². The van der Waals surface area contributed by atoms with Crippen LogP contribution >= 0.6 is 0 Å². The summed E-state index contributed by atoms with van der Waals surface area (Å²) in [4.78, 5) is 13.5. The Bertz CT molecular complexity index is 758. The molecule has 0 fully saturated rings. The fourth-order valence-corrected chi connectivity index (χ4v) is 2.43. The summed E-state index contributed by atoms with van der Waals surface area (Å²) < 4.78 is 2.06. The Kier molecular flexibility index (Phi) is 3.22. The molecule has 0 N–H and O–H groups in total. The van der Waals surface area contributed by atoms with Gasteiger partial charge in [0, 0.05) is 48.8 Å². The van der Waals surface area contributed by atoms with E-state index in [9.17, 15) is 0 Å². The second-order valence-corrected chi connectivity index (χ2v) is 5.18. The molecule has 0 unspecified atom stereocenters. The van der Waals surface area contributed by atoms with Crippen molar-refractivity contribution in [3.63, 3.8) is 0 Å². The highest BCUT2D eigenvalue weighted by Gasteiger charge is 2.06. The van der Waals surface area contributed by atoms with Gasteiger partial charge in [0.15, 0.2) is 0 Å². The number of hydrogen-bond donors (Lipinski definition) is 0. The summed E-state index contributed by atoms with van der Waals surface area (Å²) >= 11 is 0. The number of pyridine rings is 2. The zero-order chi connectivity index (χ0) is 14.1. The van der Waals surface area contributed by atoms with Crippen molar-refractivity contribution in [1.82, 2.24) is 19.5 Å². The van der Waals surface area contributed by atoms with Gasteiger partial charge in [-0.3, -0.25) is 9.97 Å². The van der Waals surface area contributed by atoms with Crippen molar-refractivity contribution in [1.29, 1.82) is 0 Å². The number of imidazole rings is 1. The van der Waals surface area contributed by atoms with Gasteiger partial charge in [0.25, 0.3) is 0 Å². The van der Waals surface area contributed by atoms with Crippen LogP contribution in [0.2, 0.25) is 0 Å². The van der Waals surface area contributed by atoms with Crippen molar-refractivity contribution in [2.45, 2.75) is 26.7 Å². The van der Waals surface area contributed by atoms with Crippen molar-refractivity contribution in [2.24, 2.45) is 7.05 Å². The Morgan fingerprint density at radius 1 is 1.10 bits per heavy atom. The highest BCUT2D eigenvalue weighted by molar-refractivity contribution is 5.83. The molecule has 0 aromatic carbocycles. The summed E-state index contributed by atoms with van der Waals surface area (Å²) in [7, 11) is 2.02. The smallest absolute Gasteiger partial charge is 0.108 e. The molecule has 0 saturated heterocycles. The highest BCUT2D eigenvalue weighted by Crippen LogP contribution is 2.19. The van der Waals surface area contributed by atoms with Crippen LogP contribution in [0.5, 0.6) is 0 Å². The standard InChI is InChI=1S/C16H18N4/c1-11-10-18-12(2)14-6-4-13(19-16(11)14)5-7-15-17-8-9-20(15)3/h4,6,8-10H,5,7H2,1-3H3. The summed E-state index contributed by atoms with van der Waals surface area (Å²) in [5.41, 5.74) is 4.34. The molecule has 3 aromatic rings. The molecule has 0 amide bonds. The molecule has 20 heavy (non-hydrogen) atoms.